The van der Waals surface area contributed by atoms with Crippen molar-refractivity contribution < 1.29 is 9.59 Å². The SMILES string of the molecule is O=C1N(CCc2n[nH]c(=S)n2C2CC2)C(=O)[C@]23CC[C@H]2CCN13. The molecule has 4 aliphatic rings. The molecule has 5 rings (SSSR count). The fraction of sp³-hybridized carbons (Fsp3) is 0.733. The Bertz CT molecular complexity index is 766. The molecule has 0 aromatic carbocycles. The van der Waals surface area contributed by atoms with Crippen LogP contribution in [0, 0.1) is 10.7 Å². The zero-order valence-corrected chi connectivity index (χ0v) is 13.6. The summed E-state index contributed by atoms with van der Waals surface area (Å²) in [6.45, 7) is 1.13. The minimum absolute atomic E-state index is 0.0170. The van der Waals surface area contributed by atoms with Crippen molar-refractivity contribution in [1.82, 2.24) is 24.6 Å². The number of amides is 3. The van der Waals surface area contributed by atoms with Crippen molar-refractivity contribution in [2.24, 2.45) is 5.92 Å². The van der Waals surface area contributed by atoms with Gasteiger partial charge in [-0.15, -0.1) is 0 Å². The predicted molar refractivity (Wildman–Crippen MR) is 83.3 cm³/mol. The summed E-state index contributed by atoms with van der Waals surface area (Å²) >= 11 is 5.28. The van der Waals surface area contributed by atoms with Gasteiger partial charge < -0.3 is 9.47 Å². The Balaban J connectivity index is 1.37. The van der Waals surface area contributed by atoms with Crippen LogP contribution in [0.3, 0.4) is 0 Å². The molecular formula is C15H19N5O2S. The van der Waals surface area contributed by atoms with E-state index in [2.05, 4.69) is 10.2 Å². The van der Waals surface area contributed by atoms with Gasteiger partial charge in [-0.25, -0.2) is 4.79 Å². The van der Waals surface area contributed by atoms with Gasteiger partial charge >= 0.3 is 6.03 Å². The number of nitrogens with one attached hydrogen (secondary N) is 1. The minimum Gasteiger partial charge on any atom is -0.309 e. The lowest BCUT2D eigenvalue weighted by Crippen LogP contribution is -2.56. The minimum atomic E-state index is -0.488. The fourth-order valence-electron chi connectivity index (χ4n) is 4.61. The van der Waals surface area contributed by atoms with Gasteiger partial charge in [-0.3, -0.25) is 14.8 Å². The van der Waals surface area contributed by atoms with Crippen LogP contribution in [0.25, 0.3) is 0 Å². The van der Waals surface area contributed by atoms with Crippen LogP contribution < -0.4 is 0 Å². The maximum Gasteiger partial charge on any atom is 0.327 e. The first-order chi connectivity index (χ1) is 11.1. The Hall–Kier alpha value is -1.70. The zero-order valence-electron chi connectivity index (χ0n) is 12.8. The summed E-state index contributed by atoms with van der Waals surface area (Å²) in [5.74, 6) is 1.25. The third-order valence-electron chi connectivity index (χ3n) is 6.06. The first kappa shape index (κ1) is 13.7. The second-order valence-electron chi connectivity index (χ2n) is 7.14. The van der Waals surface area contributed by atoms with Gasteiger partial charge in [0.2, 0.25) is 0 Å². The molecule has 1 N–H and O–H groups in total. The van der Waals surface area contributed by atoms with Crippen LogP contribution in [0.1, 0.15) is 44.0 Å². The molecule has 3 heterocycles. The summed E-state index contributed by atoms with van der Waals surface area (Å²) in [5, 5.41) is 7.13. The Labute approximate surface area is 138 Å². The summed E-state index contributed by atoms with van der Waals surface area (Å²) < 4.78 is 2.69. The van der Waals surface area contributed by atoms with Crippen molar-refractivity contribution in [2.45, 2.75) is 50.1 Å². The van der Waals surface area contributed by atoms with Crippen LogP contribution in [0.2, 0.25) is 0 Å². The zero-order chi connectivity index (χ0) is 15.8. The van der Waals surface area contributed by atoms with Crippen molar-refractivity contribution in [3.8, 4) is 0 Å². The number of rotatable bonds is 4. The molecule has 1 spiro atoms. The average molecular weight is 333 g/mol. The van der Waals surface area contributed by atoms with Crippen LogP contribution in [0.5, 0.6) is 0 Å². The van der Waals surface area contributed by atoms with Gasteiger partial charge in [-0.2, -0.15) is 5.10 Å². The van der Waals surface area contributed by atoms with Crippen molar-refractivity contribution in [2.75, 3.05) is 13.1 Å². The molecule has 0 unspecified atom stereocenters. The van der Waals surface area contributed by atoms with Crippen LogP contribution >= 0.6 is 12.2 Å². The number of aromatic nitrogens is 3. The van der Waals surface area contributed by atoms with Gasteiger partial charge in [-0.05, 0) is 50.2 Å². The van der Waals surface area contributed by atoms with Gasteiger partial charge in [-0.1, -0.05) is 0 Å². The molecular weight excluding hydrogens is 314 g/mol. The molecule has 4 fully saturated rings. The molecule has 2 aliphatic heterocycles. The highest BCUT2D eigenvalue weighted by atomic mass is 32.1. The lowest BCUT2D eigenvalue weighted by Gasteiger charge is -2.42. The van der Waals surface area contributed by atoms with Crippen molar-refractivity contribution in [3.63, 3.8) is 0 Å². The maximum atomic E-state index is 12.8. The Morgan fingerprint density at radius 2 is 2.09 bits per heavy atom. The summed E-state index contributed by atoms with van der Waals surface area (Å²) in [5.41, 5.74) is -0.488. The van der Waals surface area contributed by atoms with Crippen LogP contribution in [0.4, 0.5) is 4.79 Å². The van der Waals surface area contributed by atoms with E-state index in [1.165, 1.54) is 4.90 Å². The predicted octanol–water partition coefficient (Wildman–Crippen LogP) is 1.63. The molecule has 2 atom stereocenters. The van der Waals surface area contributed by atoms with E-state index in [9.17, 15) is 9.59 Å². The van der Waals surface area contributed by atoms with E-state index in [4.69, 9.17) is 12.2 Å². The topological polar surface area (TPSA) is 74.2 Å². The van der Waals surface area contributed by atoms with Gasteiger partial charge in [0.1, 0.15) is 11.4 Å². The number of hydrogen-bond acceptors (Lipinski definition) is 4. The first-order valence-electron chi connectivity index (χ1n) is 8.42. The summed E-state index contributed by atoms with van der Waals surface area (Å²) in [4.78, 5) is 28.7. The van der Waals surface area contributed by atoms with E-state index in [0.717, 1.165) is 44.5 Å². The van der Waals surface area contributed by atoms with E-state index in [-0.39, 0.29) is 11.9 Å². The van der Waals surface area contributed by atoms with Gasteiger partial charge in [0.15, 0.2) is 4.77 Å². The molecule has 3 amide bonds. The number of nitrogens with zero attached hydrogens (tertiary/aromatic N) is 4. The lowest BCUT2D eigenvalue weighted by atomic mass is 9.67. The molecule has 2 aliphatic carbocycles. The molecule has 23 heavy (non-hydrogen) atoms. The second-order valence-corrected chi connectivity index (χ2v) is 7.52. The molecule has 122 valence electrons. The molecule has 0 radical (unpaired) electrons. The number of aromatic amines is 1. The highest BCUT2D eigenvalue weighted by Crippen LogP contribution is 2.54. The molecule has 7 nitrogen and oxygen atoms in total. The number of H-pyrrole nitrogens is 1. The third kappa shape index (κ3) is 1.64. The number of imide groups is 1. The maximum absolute atomic E-state index is 12.8. The summed E-state index contributed by atoms with van der Waals surface area (Å²) in [6.07, 6.45) is 5.70. The monoisotopic (exact) mass is 333 g/mol. The lowest BCUT2D eigenvalue weighted by molar-refractivity contribution is -0.138. The van der Waals surface area contributed by atoms with Crippen LogP contribution in [-0.4, -0.2) is 55.1 Å². The molecule has 1 aromatic heterocycles. The smallest absolute Gasteiger partial charge is 0.309 e. The third-order valence-corrected chi connectivity index (χ3v) is 6.35. The van der Waals surface area contributed by atoms with E-state index in [1.807, 2.05) is 9.47 Å². The largest absolute Gasteiger partial charge is 0.327 e. The van der Waals surface area contributed by atoms with Gasteiger partial charge in [0.25, 0.3) is 5.91 Å². The molecule has 1 aromatic rings. The number of hydrogen-bond donors (Lipinski definition) is 1. The van der Waals surface area contributed by atoms with Crippen LogP contribution in [0.15, 0.2) is 0 Å². The van der Waals surface area contributed by atoms with E-state index in [1.54, 1.807) is 0 Å². The molecule has 0 bridgehead atoms. The van der Waals surface area contributed by atoms with Crippen molar-refractivity contribution >= 4 is 24.2 Å². The van der Waals surface area contributed by atoms with E-state index in [0.29, 0.717) is 29.7 Å². The Morgan fingerprint density at radius 1 is 1.26 bits per heavy atom. The van der Waals surface area contributed by atoms with Gasteiger partial charge in [0, 0.05) is 25.6 Å². The molecule has 8 heteroatoms. The first-order valence-corrected chi connectivity index (χ1v) is 8.83. The Kier molecular flexibility index (Phi) is 2.64. The average Bonchev–Trinajstić information content (AvgIpc) is 3.17. The van der Waals surface area contributed by atoms with Crippen LogP contribution in [-0.2, 0) is 11.2 Å². The number of urea groups is 1. The van der Waals surface area contributed by atoms with Gasteiger partial charge in [0.05, 0.1) is 0 Å². The van der Waals surface area contributed by atoms with E-state index >= 15 is 0 Å². The second kappa shape index (κ2) is 4.43. The fourth-order valence-corrected chi connectivity index (χ4v) is 4.91. The standard InChI is InChI=1S/C15H19N5O2S/c21-12-15-6-3-9(15)4-8-19(15)14(22)18(12)7-5-11-16-17-13(23)20(11)10-1-2-10/h9-10H,1-8H2,(H,17,23)/t9-,15-/m0/s1. The summed E-state index contributed by atoms with van der Waals surface area (Å²) in [6, 6.07) is 0.336. The normalized spacial score (nSPS) is 32.3. The Morgan fingerprint density at radius 3 is 2.74 bits per heavy atom. The molecule has 2 saturated heterocycles. The van der Waals surface area contributed by atoms with Crippen molar-refractivity contribution in [3.05, 3.63) is 10.6 Å². The van der Waals surface area contributed by atoms with E-state index < -0.39 is 5.54 Å². The molecule has 2 saturated carbocycles. The number of carbonyl (C=O) groups is 2. The quantitative estimate of drug-likeness (QED) is 0.671. The highest BCUT2D eigenvalue weighted by molar-refractivity contribution is 7.71. The summed E-state index contributed by atoms with van der Waals surface area (Å²) in [7, 11) is 0. The number of carbonyl (C=O) groups excluding carboxylic acids is 2. The van der Waals surface area contributed by atoms with Crippen molar-refractivity contribution in [1.29, 1.82) is 0 Å². The highest BCUT2D eigenvalue weighted by Gasteiger charge is 2.68.